The van der Waals surface area contributed by atoms with Crippen LogP contribution >= 0.6 is 27.3 Å². The molecule has 13 heavy (non-hydrogen) atoms. The average Bonchev–Trinajstić information content (AvgIpc) is 2.51. The molecule has 0 aliphatic carbocycles. The Bertz CT molecular complexity index is 447. The molecular weight excluding hydrogens is 246 g/mol. The predicted molar refractivity (Wildman–Crippen MR) is 63.6 cm³/mol. The molecule has 68 valence electrons. The van der Waals surface area contributed by atoms with Crippen molar-refractivity contribution < 1.29 is 0 Å². The van der Waals surface area contributed by atoms with E-state index in [2.05, 4.69) is 34.3 Å². The lowest BCUT2D eigenvalue weighted by Gasteiger charge is -2.02. The summed E-state index contributed by atoms with van der Waals surface area (Å²) in [4.78, 5) is 0. The third-order valence-corrected chi connectivity index (χ3v) is 3.92. The first-order chi connectivity index (χ1) is 6.24. The summed E-state index contributed by atoms with van der Waals surface area (Å²) in [5.41, 5.74) is 9.42. The Balaban J connectivity index is 2.88. The van der Waals surface area contributed by atoms with E-state index in [9.17, 15) is 0 Å². The number of halogens is 1. The highest BCUT2D eigenvalue weighted by Gasteiger charge is 2.07. The molecule has 1 aromatic carbocycles. The van der Waals surface area contributed by atoms with E-state index in [0.717, 1.165) is 11.0 Å². The van der Waals surface area contributed by atoms with E-state index in [1.165, 1.54) is 21.2 Å². The minimum atomic E-state index is 0.887. The third kappa shape index (κ3) is 1.36. The van der Waals surface area contributed by atoms with Crippen molar-refractivity contribution in [1.82, 2.24) is 0 Å². The molecule has 0 saturated carbocycles. The van der Waals surface area contributed by atoms with Gasteiger partial charge in [-0.3, -0.25) is 0 Å². The first-order valence-corrected chi connectivity index (χ1v) is 6.05. The molecule has 3 heteroatoms. The maximum atomic E-state index is 5.89. The maximum Gasteiger partial charge on any atom is 0.0578 e. The molecule has 0 fully saturated rings. The van der Waals surface area contributed by atoms with E-state index in [-0.39, 0.29) is 0 Å². The zero-order valence-electron chi connectivity index (χ0n) is 7.30. The van der Waals surface area contributed by atoms with Crippen LogP contribution in [0.15, 0.2) is 17.5 Å². The lowest BCUT2D eigenvalue weighted by atomic mass is 10.1. The van der Waals surface area contributed by atoms with Gasteiger partial charge in [-0.25, -0.2) is 0 Å². The fraction of sp³-hybridized carbons (Fsp3) is 0.200. The van der Waals surface area contributed by atoms with Crippen LogP contribution in [0.5, 0.6) is 0 Å². The van der Waals surface area contributed by atoms with Crippen molar-refractivity contribution in [2.75, 3.05) is 5.73 Å². The molecule has 0 unspecified atom stereocenters. The van der Waals surface area contributed by atoms with Gasteiger partial charge in [0.2, 0.25) is 0 Å². The van der Waals surface area contributed by atoms with Crippen LogP contribution in [0.25, 0.3) is 10.1 Å². The second-order valence-corrected chi connectivity index (χ2v) is 4.51. The summed E-state index contributed by atoms with van der Waals surface area (Å²) in [5, 5.41) is 4.37. The number of nitrogen functional groups attached to an aromatic ring is 1. The van der Waals surface area contributed by atoms with E-state index in [0.29, 0.717) is 0 Å². The quantitative estimate of drug-likeness (QED) is 0.611. The summed E-state index contributed by atoms with van der Waals surface area (Å²) in [5.74, 6) is 0. The first-order valence-electron chi connectivity index (χ1n) is 4.05. The summed E-state index contributed by atoms with van der Waals surface area (Å²) in [6, 6.07) is 4.07. The molecule has 0 amide bonds. The summed E-state index contributed by atoms with van der Waals surface area (Å²) in [6.07, 6.45) is 0. The smallest absolute Gasteiger partial charge is 0.0578 e. The van der Waals surface area contributed by atoms with Crippen LogP contribution in [-0.2, 0) is 5.33 Å². The Kier molecular flexibility index (Phi) is 2.30. The predicted octanol–water partition coefficient (Wildman–Crippen LogP) is 3.69. The molecule has 1 nitrogen and oxygen atoms in total. The molecule has 1 heterocycles. The van der Waals surface area contributed by atoms with Crippen molar-refractivity contribution in [3.8, 4) is 0 Å². The number of aryl methyl sites for hydroxylation is 1. The molecule has 0 aliphatic heterocycles. The number of nitrogens with two attached hydrogens (primary N) is 1. The fourth-order valence-electron chi connectivity index (χ4n) is 1.52. The highest BCUT2D eigenvalue weighted by atomic mass is 79.9. The largest absolute Gasteiger partial charge is 0.398 e. The summed E-state index contributed by atoms with van der Waals surface area (Å²) >= 11 is 5.21. The van der Waals surface area contributed by atoms with Gasteiger partial charge in [0.15, 0.2) is 0 Å². The highest BCUT2D eigenvalue weighted by molar-refractivity contribution is 9.08. The van der Waals surface area contributed by atoms with Crippen LogP contribution < -0.4 is 5.73 Å². The number of benzene rings is 1. The van der Waals surface area contributed by atoms with E-state index < -0.39 is 0 Å². The topological polar surface area (TPSA) is 26.0 Å². The number of alkyl halides is 1. The molecule has 2 aromatic rings. The molecule has 0 radical (unpaired) electrons. The molecule has 0 bridgehead atoms. The van der Waals surface area contributed by atoms with Gasteiger partial charge in [-0.05, 0) is 29.5 Å². The Morgan fingerprint density at radius 2 is 2.23 bits per heavy atom. The zero-order chi connectivity index (χ0) is 9.42. The van der Waals surface area contributed by atoms with Crippen molar-refractivity contribution >= 4 is 43.0 Å². The Hall–Kier alpha value is -0.540. The number of rotatable bonds is 1. The van der Waals surface area contributed by atoms with Crippen LogP contribution in [0, 0.1) is 6.92 Å². The Morgan fingerprint density at radius 3 is 2.92 bits per heavy atom. The van der Waals surface area contributed by atoms with Crippen LogP contribution in [0.3, 0.4) is 0 Å². The minimum absolute atomic E-state index is 0.887. The van der Waals surface area contributed by atoms with Gasteiger partial charge in [0.1, 0.15) is 0 Å². The van der Waals surface area contributed by atoms with E-state index in [1.807, 2.05) is 6.07 Å². The molecule has 0 saturated heterocycles. The second kappa shape index (κ2) is 3.31. The minimum Gasteiger partial charge on any atom is -0.398 e. The third-order valence-electron chi connectivity index (χ3n) is 2.17. The molecular formula is C10H10BrNS. The lowest BCUT2D eigenvalue weighted by Crippen LogP contribution is -1.87. The Morgan fingerprint density at radius 1 is 1.46 bits per heavy atom. The molecule has 2 rings (SSSR count). The summed E-state index contributed by atoms with van der Waals surface area (Å²) in [7, 11) is 0. The van der Waals surface area contributed by atoms with Gasteiger partial charge in [-0.15, -0.1) is 11.3 Å². The maximum absolute atomic E-state index is 5.89. The summed E-state index contributed by atoms with van der Waals surface area (Å²) < 4.78 is 1.22. The van der Waals surface area contributed by atoms with E-state index in [1.54, 1.807) is 11.3 Å². The van der Waals surface area contributed by atoms with Crippen LogP contribution in [0.4, 0.5) is 5.69 Å². The van der Waals surface area contributed by atoms with Crippen LogP contribution in [-0.4, -0.2) is 0 Å². The van der Waals surface area contributed by atoms with Crippen LogP contribution in [0.2, 0.25) is 0 Å². The summed E-state index contributed by atoms with van der Waals surface area (Å²) in [6.45, 7) is 2.13. The molecule has 0 atom stereocenters. The van der Waals surface area contributed by atoms with Crippen molar-refractivity contribution in [3.05, 3.63) is 28.6 Å². The monoisotopic (exact) mass is 255 g/mol. The standard InChI is InChI=1S/C10H10BrNS/c1-6-5-13-10-8(12)3-2-7(4-11)9(6)10/h2-3,5H,4,12H2,1H3. The van der Waals surface area contributed by atoms with Gasteiger partial charge in [0, 0.05) is 16.4 Å². The van der Waals surface area contributed by atoms with Gasteiger partial charge in [-0.2, -0.15) is 0 Å². The number of anilines is 1. The van der Waals surface area contributed by atoms with Gasteiger partial charge in [-0.1, -0.05) is 22.0 Å². The fourth-order valence-corrected chi connectivity index (χ4v) is 3.01. The highest BCUT2D eigenvalue weighted by Crippen LogP contribution is 2.33. The molecule has 0 spiro atoms. The van der Waals surface area contributed by atoms with Gasteiger partial charge < -0.3 is 5.73 Å². The van der Waals surface area contributed by atoms with Crippen molar-refractivity contribution in [2.45, 2.75) is 12.3 Å². The van der Waals surface area contributed by atoms with E-state index in [4.69, 9.17) is 5.73 Å². The number of fused-ring (bicyclic) bond motifs is 1. The van der Waals surface area contributed by atoms with Gasteiger partial charge in [0.25, 0.3) is 0 Å². The van der Waals surface area contributed by atoms with Crippen molar-refractivity contribution in [3.63, 3.8) is 0 Å². The lowest BCUT2D eigenvalue weighted by molar-refractivity contribution is 1.47. The first kappa shape index (κ1) is 9.03. The number of hydrogen-bond acceptors (Lipinski definition) is 2. The molecule has 1 aromatic heterocycles. The Labute approximate surface area is 89.7 Å². The molecule has 0 aliphatic rings. The zero-order valence-corrected chi connectivity index (χ0v) is 9.71. The van der Waals surface area contributed by atoms with Crippen molar-refractivity contribution in [2.24, 2.45) is 0 Å². The molecule has 2 N–H and O–H groups in total. The van der Waals surface area contributed by atoms with E-state index >= 15 is 0 Å². The van der Waals surface area contributed by atoms with Gasteiger partial charge >= 0.3 is 0 Å². The van der Waals surface area contributed by atoms with Gasteiger partial charge in [0.05, 0.1) is 4.70 Å². The average molecular weight is 256 g/mol. The second-order valence-electron chi connectivity index (χ2n) is 3.07. The SMILES string of the molecule is Cc1csc2c(N)ccc(CBr)c12. The van der Waals surface area contributed by atoms with Crippen molar-refractivity contribution in [1.29, 1.82) is 0 Å². The van der Waals surface area contributed by atoms with Crippen LogP contribution in [0.1, 0.15) is 11.1 Å². The normalized spacial score (nSPS) is 10.9. The number of hydrogen-bond donors (Lipinski definition) is 1. The number of thiophene rings is 1.